The van der Waals surface area contributed by atoms with Crippen LogP contribution in [0.1, 0.15) is 420 Å². The van der Waals surface area contributed by atoms with Crippen LogP contribution in [0.15, 0.2) is 0 Å². The number of esters is 2. The van der Waals surface area contributed by atoms with Crippen LogP contribution in [0.5, 0.6) is 0 Å². The maximum Gasteiger partial charge on any atom is 0.472 e. The quantitative estimate of drug-likeness (QED) is 0.0187. The van der Waals surface area contributed by atoms with E-state index in [1.807, 2.05) is 0 Å². The highest BCUT2D eigenvalue weighted by Crippen LogP contribution is 2.44. The number of carbonyl (C=O) groups excluding carboxylic acids is 5. The van der Waals surface area contributed by atoms with Crippen LogP contribution < -0.4 is 21.7 Å². The summed E-state index contributed by atoms with van der Waals surface area (Å²) in [6, 6.07) is -1.46. The standard InChI is InChI=1S/C69H137N3O16P2.C14H29NO/c1-6-11-16-21-24-27-28-31-32-37-42-48-66(73)72-63(61-82-58-52-65(47-41-36-20-15-10-5)88-68(75)50-44-39-34-30-26-23-18-13-8-3)62-86-90(79,80)85-60-54-71-69(76)70-53-59-84-89(77,78)83-56-45-55-81-57-51-64(46-40-35-19-14-9-4)87-67(74)49-43-38-33-29-25-22-17-12-7-2;1-2-3-4-5-6-7-8-9-10-11-12-13-14(15)16/h63-65H,6-62H2,1-5H3,(H,72,73)(H,77,78)(H,79,80)(H2,70,71,76);2-13H2,1H3,(H2,15,16)/t63-,64+,65+;/m0./s1. The SMILES string of the molecule is CCCCCCCCCCCCCC(=O)N[C@@H](COCC[C@@H](CCCCCCC)OC(=O)CCCCCCCCCCC)COP(=O)(O)OCCNC(=O)NCCOP(=O)(O)OCCCOCC[C@@H](CCCCCCC)OC(=O)CCCCCCCCCCC.CCCCCCCCCCCCCC(N)=O. The van der Waals surface area contributed by atoms with Gasteiger partial charge in [0, 0.05) is 58.2 Å². The second-order valence-corrected chi connectivity index (χ2v) is 32.5. The van der Waals surface area contributed by atoms with E-state index in [9.17, 15) is 42.9 Å². The Hall–Kier alpha value is -2.71. The van der Waals surface area contributed by atoms with Crippen LogP contribution in [0, 0.1) is 0 Å². The number of nitrogens with two attached hydrogens (primary N) is 1. The molecule has 5 atom stereocenters. The topological polar surface area (TPSA) is 296 Å². The Morgan fingerprint density at radius 3 is 0.981 bits per heavy atom. The van der Waals surface area contributed by atoms with E-state index >= 15 is 0 Å². The van der Waals surface area contributed by atoms with Gasteiger partial charge in [0.05, 0.1) is 52.3 Å². The molecule has 0 bridgehead atoms. The average Bonchev–Trinajstić information content (AvgIpc) is 0.941. The zero-order valence-electron chi connectivity index (χ0n) is 69.0. The summed E-state index contributed by atoms with van der Waals surface area (Å²) in [4.78, 5) is 82.5. The normalized spacial score (nSPS) is 13.4. The van der Waals surface area contributed by atoms with E-state index in [0.29, 0.717) is 58.0 Å². The molecule has 0 aliphatic rings. The molecule has 0 radical (unpaired) electrons. The largest absolute Gasteiger partial charge is 0.472 e. The lowest BCUT2D eigenvalue weighted by atomic mass is 10.1. The molecule has 0 saturated heterocycles. The summed E-state index contributed by atoms with van der Waals surface area (Å²) in [6.45, 7) is 12.6. The number of carbonyl (C=O) groups is 5. The molecular weight excluding hydrogens is 1390 g/mol. The summed E-state index contributed by atoms with van der Waals surface area (Å²) in [5, 5.41) is 7.86. The Balaban J connectivity index is 0. The fourth-order valence-corrected chi connectivity index (χ4v) is 14.1. The third kappa shape index (κ3) is 82.3. The first kappa shape index (κ1) is 105. The molecule has 21 nitrogen and oxygen atoms in total. The summed E-state index contributed by atoms with van der Waals surface area (Å²) >= 11 is 0. The summed E-state index contributed by atoms with van der Waals surface area (Å²) in [7, 11) is -9.07. The molecule has 106 heavy (non-hydrogen) atoms. The molecule has 0 fully saturated rings. The van der Waals surface area contributed by atoms with Crippen molar-refractivity contribution in [3.05, 3.63) is 0 Å². The Morgan fingerprint density at radius 1 is 0.321 bits per heavy atom. The highest BCUT2D eigenvalue weighted by molar-refractivity contribution is 7.47. The van der Waals surface area contributed by atoms with Gasteiger partial charge in [-0.05, 0) is 57.8 Å². The Kier molecular flexibility index (Phi) is 81.3. The van der Waals surface area contributed by atoms with E-state index in [-0.39, 0.29) is 88.7 Å². The van der Waals surface area contributed by atoms with Crippen LogP contribution in [0.4, 0.5) is 4.79 Å². The number of unbranched alkanes of at least 4 members (excludes halogenated alkanes) is 44. The van der Waals surface area contributed by atoms with Crippen LogP contribution in [0.25, 0.3) is 0 Å². The second-order valence-electron chi connectivity index (χ2n) is 29.6. The minimum atomic E-state index is -4.65. The van der Waals surface area contributed by atoms with Crippen molar-refractivity contribution in [1.29, 1.82) is 0 Å². The summed E-state index contributed by atoms with van der Waals surface area (Å²) < 4.78 is 69.7. The molecule has 0 spiro atoms. The predicted octanol–water partition coefficient (Wildman–Crippen LogP) is 22.5. The lowest BCUT2D eigenvalue weighted by molar-refractivity contribution is -0.151. The maximum atomic E-state index is 13.2. The van der Waals surface area contributed by atoms with E-state index in [2.05, 4.69) is 57.5 Å². The van der Waals surface area contributed by atoms with Gasteiger partial charge in [-0.1, -0.05) is 324 Å². The van der Waals surface area contributed by atoms with E-state index in [1.54, 1.807) is 0 Å². The van der Waals surface area contributed by atoms with E-state index in [4.69, 9.17) is 42.8 Å². The lowest BCUT2D eigenvalue weighted by Crippen LogP contribution is -2.41. The van der Waals surface area contributed by atoms with Crippen LogP contribution in [-0.2, 0) is 65.4 Å². The molecule has 2 unspecified atom stereocenters. The van der Waals surface area contributed by atoms with Crippen LogP contribution in [0.2, 0.25) is 0 Å². The fourth-order valence-electron chi connectivity index (χ4n) is 12.5. The van der Waals surface area contributed by atoms with E-state index < -0.39 is 34.3 Å². The van der Waals surface area contributed by atoms with Gasteiger partial charge in [0.25, 0.3) is 0 Å². The van der Waals surface area contributed by atoms with E-state index in [0.717, 1.165) is 135 Å². The molecule has 0 aromatic carbocycles. The molecule has 630 valence electrons. The molecule has 4 amide bonds. The molecule has 0 saturated carbocycles. The zero-order valence-corrected chi connectivity index (χ0v) is 70.8. The summed E-state index contributed by atoms with van der Waals surface area (Å²) in [5.74, 6) is -0.712. The van der Waals surface area contributed by atoms with Gasteiger partial charge >= 0.3 is 33.6 Å². The molecule has 0 heterocycles. The predicted molar refractivity (Wildman–Crippen MR) is 434 cm³/mol. The number of rotatable bonds is 83. The van der Waals surface area contributed by atoms with Gasteiger partial charge in [-0.2, -0.15) is 0 Å². The number of amides is 4. The molecule has 0 aromatic rings. The van der Waals surface area contributed by atoms with Crippen molar-refractivity contribution in [2.24, 2.45) is 5.73 Å². The van der Waals surface area contributed by atoms with Gasteiger partial charge in [0.15, 0.2) is 0 Å². The summed E-state index contributed by atoms with van der Waals surface area (Å²) in [5.41, 5.74) is 5.07. The van der Waals surface area contributed by atoms with Crippen LogP contribution in [-0.4, -0.2) is 124 Å². The van der Waals surface area contributed by atoms with E-state index in [1.165, 1.54) is 193 Å². The number of hydrogen-bond donors (Lipinski definition) is 6. The third-order valence-corrected chi connectivity index (χ3v) is 21.1. The highest BCUT2D eigenvalue weighted by Gasteiger charge is 2.26. The number of primary amides is 1. The van der Waals surface area contributed by atoms with Crippen LogP contribution >= 0.6 is 15.6 Å². The number of hydrogen-bond acceptors (Lipinski definition) is 15. The van der Waals surface area contributed by atoms with Gasteiger partial charge in [0.2, 0.25) is 11.8 Å². The Morgan fingerprint density at radius 2 is 0.623 bits per heavy atom. The summed E-state index contributed by atoms with van der Waals surface area (Å²) in [6.07, 6.45) is 63.4. The van der Waals surface area contributed by atoms with Crippen molar-refractivity contribution in [1.82, 2.24) is 16.0 Å². The van der Waals surface area contributed by atoms with Gasteiger partial charge in [-0.25, -0.2) is 13.9 Å². The first-order valence-electron chi connectivity index (χ1n) is 43.8. The van der Waals surface area contributed by atoms with Crippen molar-refractivity contribution in [2.45, 2.75) is 439 Å². The zero-order chi connectivity index (χ0) is 78.2. The van der Waals surface area contributed by atoms with Crippen LogP contribution in [0.3, 0.4) is 0 Å². The Bertz CT molecular complexity index is 2050. The smallest absolute Gasteiger partial charge is 0.462 e. The second kappa shape index (κ2) is 81.8. The molecule has 23 heteroatoms. The first-order valence-corrected chi connectivity index (χ1v) is 46.8. The number of phosphoric acid groups is 2. The third-order valence-electron chi connectivity index (χ3n) is 19.1. The van der Waals surface area contributed by atoms with Crippen molar-refractivity contribution < 1.29 is 79.9 Å². The fraction of sp³-hybridized carbons (Fsp3) is 0.940. The highest BCUT2D eigenvalue weighted by atomic mass is 31.2. The van der Waals surface area contributed by atoms with Gasteiger partial charge < -0.3 is 50.4 Å². The van der Waals surface area contributed by atoms with Crippen molar-refractivity contribution in [2.75, 3.05) is 65.9 Å². The van der Waals surface area contributed by atoms with Crippen molar-refractivity contribution in [3.8, 4) is 0 Å². The van der Waals surface area contributed by atoms with Gasteiger partial charge in [-0.3, -0.25) is 37.3 Å². The first-order chi connectivity index (χ1) is 51.5. The molecule has 0 aliphatic carbocycles. The molecule has 7 N–H and O–H groups in total. The molecule has 0 aliphatic heterocycles. The minimum absolute atomic E-state index is 0.0146. The average molecular weight is 1550 g/mol. The number of urea groups is 1. The molecule has 0 rings (SSSR count). The van der Waals surface area contributed by atoms with Crippen molar-refractivity contribution >= 4 is 45.4 Å². The van der Waals surface area contributed by atoms with Gasteiger partial charge in [0.1, 0.15) is 12.2 Å². The number of ether oxygens (including phenoxy) is 4. The van der Waals surface area contributed by atoms with Gasteiger partial charge in [-0.15, -0.1) is 0 Å². The minimum Gasteiger partial charge on any atom is -0.462 e. The molecule has 0 aromatic heterocycles. The monoisotopic (exact) mass is 1550 g/mol. The lowest BCUT2D eigenvalue weighted by Gasteiger charge is -2.22. The number of nitrogens with one attached hydrogen (secondary N) is 3. The maximum absolute atomic E-state index is 13.2. The molecular formula is C83H166N4O17P2. The number of phosphoric ester groups is 2. The van der Waals surface area contributed by atoms with Crippen molar-refractivity contribution in [3.63, 3.8) is 0 Å². The Labute approximate surface area is 648 Å².